The molecule has 0 N–H and O–H groups in total. The molecule has 2 atom stereocenters. The molecule has 1 aliphatic heterocycles. The van der Waals surface area contributed by atoms with Gasteiger partial charge in [0.2, 0.25) is 0 Å². The number of hydrogen-bond donors (Lipinski definition) is 0. The van der Waals surface area contributed by atoms with Crippen LogP contribution in [-0.4, -0.2) is 24.3 Å². The van der Waals surface area contributed by atoms with E-state index in [2.05, 4.69) is 4.74 Å². The molecule has 1 rings (SSSR count). The van der Waals surface area contributed by atoms with Gasteiger partial charge in [-0.3, -0.25) is 0 Å². The molecule has 0 bridgehead atoms. The minimum atomic E-state index is -5.50. The van der Waals surface area contributed by atoms with Crippen molar-refractivity contribution in [2.75, 3.05) is 0 Å². The van der Waals surface area contributed by atoms with Crippen molar-refractivity contribution >= 4 is 0 Å². The third-order valence-corrected chi connectivity index (χ3v) is 1.45. The highest BCUT2D eigenvalue weighted by molar-refractivity contribution is 4.97. The number of epoxide rings is 1. The molecule has 0 saturated carbocycles. The Hall–Kier alpha value is -0.390. The van der Waals surface area contributed by atoms with Gasteiger partial charge >= 0.3 is 12.1 Å². The van der Waals surface area contributed by atoms with E-state index in [1.54, 1.807) is 0 Å². The largest absolute Gasteiger partial charge is 0.456 e. The Morgan fingerprint density at radius 3 is 1.55 bits per heavy atom. The van der Waals surface area contributed by atoms with Gasteiger partial charge in [0.1, 0.15) is 0 Å². The van der Waals surface area contributed by atoms with E-state index in [1.807, 2.05) is 0 Å². The molecule has 0 aromatic rings. The van der Waals surface area contributed by atoms with Gasteiger partial charge in [-0.2, -0.15) is 22.0 Å². The molecular weight excluding hydrogens is 171 g/mol. The molecule has 2 unspecified atom stereocenters. The van der Waals surface area contributed by atoms with Gasteiger partial charge in [-0.1, -0.05) is 0 Å². The smallest absolute Gasteiger partial charge is 0.363 e. The van der Waals surface area contributed by atoms with Crippen molar-refractivity contribution in [2.24, 2.45) is 0 Å². The lowest BCUT2D eigenvalue weighted by molar-refractivity contribution is -0.288. The van der Waals surface area contributed by atoms with Crippen molar-refractivity contribution < 1.29 is 26.7 Å². The Morgan fingerprint density at radius 2 is 1.45 bits per heavy atom. The van der Waals surface area contributed by atoms with Crippen LogP contribution in [0.3, 0.4) is 0 Å². The predicted molar refractivity (Wildman–Crippen MR) is 25.3 cm³/mol. The molecule has 11 heavy (non-hydrogen) atoms. The van der Waals surface area contributed by atoms with E-state index < -0.39 is 24.3 Å². The summed E-state index contributed by atoms with van der Waals surface area (Å²) in [7, 11) is 0. The number of alkyl halides is 5. The summed E-state index contributed by atoms with van der Waals surface area (Å²) in [4.78, 5) is 0. The zero-order valence-corrected chi connectivity index (χ0v) is 5.45. The molecule has 6 heteroatoms. The molecule has 0 aliphatic carbocycles. The molecule has 0 radical (unpaired) electrons. The van der Waals surface area contributed by atoms with Crippen LogP contribution in [0.4, 0.5) is 22.0 Å². The summed E-state index contributed by atoms with van der Waals surface area (Å²) in [6, 6.07) is 0. The summed E-state index contributed by atoms with van der Waals surface area (Å²) in [6.07, 6.45) is -8.48. The summed E-state index contributed by atoms with van der Waals surface area (Å²) in [6.45, 7) is 1.17. The van der Waals surface area contributed by atoms with E-state index in [4.69, 9.17) is 0 Å². The van der Waals surface area contributed by atoms with Crippen molar-refractivity contribution in [1.82, 2.24) is 0 Å². The van der Waals surface area contributed by atoms with Crippen molar-refractivity contribution in [3.63, 3.8) is 0 Å². The highest BCUT2D eigenvalue weighted by atomic mass is 19.4. The molecule has 0 amide bonds. The van der Waals surface area contributed by atoms with E-state index in [9.17, 15) is 22.0 Å². The first-order valence-electron chi connectivity index (χ1n) is 2.87. The fourth-order valence-electron chi connectivity index (χ4n) is 0.727. The van der Waals surface area contributed by atoms with E-state index in [0.717, 1.165) is 0 Å². The minimum Gasteiger partial charge on any atom is -0.363 e. The molecular formula is C5H5F5O. The van der Waals surface area contributed by atoms with Crippen LogP contribution in [-0.2, 0) is 4.74 Å². The zero-order valence-electron chi connectivity index (χ0n) is 5.45. The highest BCUT2D eigenvalue weighted by Crippen LogP contribution is 2.46. The van der Waals surface area contributed by atoms with Gasteiger partial charge in [0, 0.05) is 0 Å². The summed E-state index contributed by atoms with van der Waals surface area (Å²) in [5, 5.41) is 0. The first-order chi connectivity index (χ1) is 4.77. The van der Waals surface area contributed by atoms with Gasteiger partial charge in [0.15, 0.2) is 6.10 Å². The van der Waals surface area contributed by atoms with Crippen LogP contribution in [0.5, 0.6) is 0 Å². The third-order valence-electron chi connectivity index (χ3n) is 1.45. The lowest BCUT2D eigenvalue weighted by atomic mass is 10.2. The predicted octanol–water partition coefficient (Wildman–Crippen LogP) is 1.97. The van der Waals surface area contributed by atoms with Crippen molar-refractivity contribution in [1.29, 1.82) is 0 Å². The lowest BCUT2D eigenvalue weighted by Crippen LogP contribution is -2.42. The molecule has 1 aliphatic rings. The van der Waals surface area contributed by atoms with E-state index in [0.29, 0.717) is 0 Å². The van der Waals surface area contributed by atoms with Crippen molar-refractivity contribution in [3.05, 3.63) is 0 Å². The Morgan fingerprint density at radius 1 is 1.09 bits per heavy atom. The average Bonchev–Trinajstić information content (AvgIpc) is 2.43. The summed E-state index contributed by atoms with van der Waals surface area (Å²) >= 11 is 0. The Labute approximate surface area is 59.1 Å². The maximum atomic E-state index is 12.1. The first kappa shape index (κ1) is 8.70. The van der Waals surface area contributed by atoms with Gasteiger partial charge in [0.25, 0.3) is 0 Å². The van der Waals surface area contributed by atoms with Crippen LogP contribution < -0.4 is 0 Å². The normalized spacial score (nSPS) is 32.2. The maximum absolute atomic E-state index is 12.1. The molecule has 0 spiro atoms. The fourth-order valence-corrected chi connectivity index (χ4v) is 0.727. The zero-order chi connectivity index (χ0) is 8.86. The number of halogens is 5. The average molecular weight is 176 g/mol. The Bertz CT molecular complexity index is 163. The van der Waals surface area contributed by atoms with Crippen LogP contribution >= 0.6 is 0 Å². The topological polar surface area (TPSA) is 12.5 Å². The summed E-state index contributed by atoms with van der Waals surface area (Å²) in [5.41, 5.74) is 0. The Balaban J connectivity index is 2.67. The van der Waals surface area contributed by atoms with Gasteiger partial charge in [-0.25, -0.2) is 0 Å². The second kappa shape index (κ2) is 2.06. The van der Waals surface area contributed by atoms with E-state index in [-0.39, 0.29) is 0 Å². The second-order valence-corrected chi connectivity index (χ2v) is 2.38. The number of rotatable bonds is 1. The lowest BCUT2D eigenvalue weighted by Gasteiger charge is -2.16. The first-order valence-corrected chi connectivity index (χ1v) is 2.87. The van der Waals surface area contributed by atoms with Crippen LogP contribution in [0.15, 0.2) is 0 Å². The van der Waals surface area contributed by atoms with Gasteiger partial charge < -0.3 is 4.74 Å². The van der Waals surface area contributed by atoms with Crippen LogP contribution in [0.2, 0.25) is 0 Å². The third kappa shape index (κ3) is 1.31. The molecule has 0 aromatic carbocycles. The molecule has 1 saturated heterocycles. The van der Waals surface area contributed by atoms with E-state index >= 15 is 0 Å². The van der Waals surface area contributed by atoms with E-state index in [1.165, 1.54) is 6.92 Å². The van der Waals surface area contributed by atoms with Gasteiger partial charge in [-0.05, 0) is 6.92 Å². The molecule has 1 nitrogen and oxygen atoms in total. The molecule has 66 valence electrons. The highest BCUT2D eigenvalue weighted by Gasteiger charge is 2.69. The van der Waals surface area contributed by atoms with Gasteiger partial charge in [0.05, 0.1) is 6.10 Å². The van der Waals surface area contributed by atoms with Crippen LogP contribution in [0.1, 0.15) is 6.92 Å². The SMILES string of the molecule is CC1OC1C(F)(F)C(F)(F)F. The van der Waals surface area contributed by atoms with Crippen LogP contribution in [0.25, 0.3) is 0 Å². The summed E-state index contributed by atoms with van der Waals surface area (Å²) < 4.78 is 62.7. The number of ether oxygens (including phenoxy) is 1. The maximum Gasteiger partial charge on any atom is 0.456 e. The quantitative estimate of drug-likeness (QED) is 0.439. The molecule has 1 heterocycles. The summed E-state index contributed by atoms with van der Waals surface area (Å²) in [5.74, 6) is -4.70. The molecule has 0 aromatic heterocycles. The van der Waals surface area contributed by atoms with Crippen LogP contribution in [0, 0.1) is 0 Å². The standard InChI is InChI=1S/C5H5F5O/c1-2-3(11-2)4(6,7)5(8,9)10/h2-3H,1H3. The Kier molecular flexibility index (Phi) is 1.63. The monoisotopic (exact) mass is 176 g/mol. The second-order valence-electron chi connectivity index (χ2n) is 2.38. The fraction of sp³-hybridized carbons (Fsp3) is 1.00. The molecule has 1 fully saturated rings. The number of hydrogen-bond acceptors (Lipinski definition) is 1. The minimum absolute atomic E-state index is 0.994. The van der Waals surface area contributed by atoms with Gasteiger partial charge in [-0.15, -0.1) is 0 Å². The van der Waals surface area contributed by atoms with Crippen molar-refractivity contribution in [2.45, 2.75) is 31.2 Å². The van der Waals surface area contributed by atoms with Crippen molar-refractivity contribution in [3.8, 4) is 0 Å².